The Morgan fingerprint density at radius 2 is 1.77 bits per heavy atom. The first kappa shape index (κ1) is 19.2. The number of methoxy groups -OCH3 is 2. The number of aryl methyl sites for hydroxylation is 1. The third kappa shape index (κ3) is 2.83. The van der Waals surface area contributed by atoms with Gasteiger partial charge in [-0.2, -0.15) is 5.10 Å². The van der Waals surface area contributed by atoms with Crippen molar-refractivity contribution in [3.05, 3.63) is 53.6 Å². The molecular weight excluding hydrogens is 384 g/mol. The van der Waals surface area contributed by atoms with E-state index in [2.05, 4.69) is 42.3 Å². The lowest BCUT2D eigenvalue weighted by molar-refractivity contribution is 0.0923. The molecule has 0 N–H and O–H groups in total. The van der Waals surface area contributed by atoms with Crippen molar-refractivity contribution in [2.75, 3.05) is 25.8 Å². The van der Waals surface area contributed by atoms with E-state index in [4.69, 9.17) is 14.6 Å². The molecule has 0 saturated heterocycles. The molecule has 0 bridgehead atoms. The lowest BCUT2D eigenvalue weighted by atomic mass is 9.55. The zero-order chi connectivity index (χ0) is 21.2. The van der Waals surface area contributed by atoms with Crippen LogP contribution >= 0.6 is 0 Å². The maximum Gasteiger partial charge on any atom is 0.119 e. The van der Waals surface area contributed by atoms with Gasteiger partial charge in [0.1, 0.15) is 11.5 Å². The van der Waals surface area contributed by atoms with Crippen LogP contribution in [0.2, 0.25) is 0 Å². The number of ether oxygens (including phenoxy) is 2. The fourth-order valence-electron chi connectivity index (χ4n) is 7.30. The summed E-state index contributed by atoms with van der Waals surface area (Å²) in [5.74, 6) is 4.78. The second-order valence-corrected chi connectivity index (χ2v) is 10.1. The molecule has 1 heterocycles. The van der Waals surface area contributed by atoms with Crippen LogP contribution in [0.25, 0.3) is 0 Å². The molecule has 162 valence electrons. The highest BCUT2D eigenvalue weighted by Gasteiger charge is 2.58. The predicted molar refractivity (Wildman–Crippen MR) is 124 cm³/mol. The summed E-state index contributed by atoms with van der Waals surface area (Å²) in [7, 11) is 3.49. The minimum absolute atomic E-state index is 0.261. The van der Waals surface area contributed by atoms with Crippen molar-refractivity contribution >= 4 is 11.4 Å². The van der Waals surface area contributed by atoms with Gasteiger partial charge in [-0.3, -0.25) is 5.01 Å². The Morgan fingerprint density at radius 3 is 2.55 bits per heavy atom. The molecule has 0 radical (unpaired) electrons. The van der Waals surface area contributed by atoms with E-state index in [1.807, 2.05) is 12.1 Å². The summed E-state index contributed by atoms with van der Waals surface area (Å²) in [4.78, 5) is 0. The Morgan fingerprint density at radius 1 is 1.00 bits per heavy atom. The number of anilines is 1. The summed E-state index contributed by atoms with van der Waals surface area (Å²) in [5.41, 5.74) is 6.03. The van der Waals surface area contributed by atoms with Crippen LogP contribution in [0.4, 0.5) is 5.69 Å². The molecule has 31 heavy (non-hydrogen) atoms. The van der Waals surface area contributed by atoms with Crippen LogP contribution < -0.4 is 14.5 Å². The zero-order valence-corrected chi connectivity index (χ0v) is 18.8. The molecule has 2 saturated carbocycles. The number of nitrogens with zero attached hydrogens (tertiary/aromatic N) is 2. The fourth-order valence-corrected chi connectivity index (χ4v) is 7.30. The van der Waals surface area contributed by atoms with Crippen molar-refractivity contribution in [2.24, 2.45) is 28.3 Å². The standard InChI is InChI=1S/C27H32N2O2/c1-27-13-12-23-22-11-9-21(31-3)14-17(22)4-10-24(23)25(27)15-18-16-29(28-26(18)27)19-5-7-20(30-2)8-6-19/h5-9,11,14,18,23-25H,4,10,12-13,15-16H2,1-3H3/t18-,23+,24+,25-,27-/m0/s1. The van der Waals surface area contributed by atoms with Gasteiger partial charge < -0.3 is 9.47 Å². The molecule has 0 aromatic heterocycles. The highest BCUT2D eigenvalue weighted by Crippen LogP contribution is 2.62. The monoisotopic (exact) mass is 416 g/mol. The Balaban J connectivity index is 1.28. The van der Waals surface area contributed by atoms with Crippen molar-refractivity contribution in [3.8, 4) is 11.5 Å². The van der Waals surface area contributed by atoms with Crippen LogP contribution in [0.15, 0.2) is 47.6 Å². The van der Waals surface area contributed by atoms with E-state index in [9.17, 15) is 0 Å². The van der Waals surface area contributed by atoms with Gasteiger partial charge in [0.2, 0.25) is 0 Å². The predicted octanol–water partition coefficient (Wildman–Crippen LogP) is 5.66. The van der Waals surface area contributed by atoms with Crippen LogP contribution in [0.3, 0.4) is 0 Å². The Hall–Kier alpha value is -2.49. The maximum atomic E-state index is 5.48. The molecule has 4 nitrogen and oxygen atoms in total. The molecular formula is C27H32N2O2. The number of benzene rings is 2. The average molecular weight is 417 g/mol. The van der Waals surface area contributed by atoms with Crippen LogP contribution in [-0.2, 0) is 6.42 Å². The Labute approximate surface area is 185 Å². The van der Waals surface area contributed by atoms with Crippen LogP contribution in [0.1, 0.15) is 49.7 Å². The highest BCUT2D eigenvalue weighted by atomic mass is 16.5. The lowest BCUT2D eigenvalue weighted by Gasteiger charge is -2.49. The number of hydrogen-bond acceptors (Lipinski definition) is 4. The molecule has 0 amide bonds. The molecule has 2 fully saturated rings. The van der Waals surface area contributed by atoms with Gasteiger partial charge in [-0.15, -0.1) is 0 Å². The summed E-state index contributed by atoms with van der Waals surface area (Å²) >= 11 is 0. The Kier molecular flexibility index (Phi) is 4.35. The van der Waals surface area contributed by atoms with E-state index in [1.54, 1.807) is 19.8 Å². The van der Waals surface area contributed by atoms with E-state index >= 15 is 0 Å². The average Bonchev–Trinajstić information content (AvgIpc) is 3.36. The summed E-state index contributed by atoms with van der Waals surface area (Å²) in [6.45, 7) is 3.55. The van der Waals surface area contributed by atoms with Crippen molar-refractivity contribution in [2.45, 2.75) is 44.9 Å². The molecule has 5 atom stereocenters. The molecule has 4 heteroatoms. The summed E-state index contributed by atoms with van der Waals surface area (Å²) in [6.07, 6.45) is 6.35. The molecule has 2 aromatic carbocycles. The molecule has 4 aliphatic rings. The highest BCUT2D eigenvalue weighted by molar-refractivity contribution is 5.97. The van der Waals surface area contributed by atoms with Crippen molar-refractivity contribution in [1.82, 2.24) is 0 Å². The van der Waals surface area contributed by atoms with Crippen molar-refractivity contribution in [3.63, 3.8) is 0 Å². The largest absolute Gasteiger partial charge is 0.497 e. The third-order valence-electron chi connectivity index (χ3n) is 8.83. The second-order valence-electron chi connectivity index (χ2n) is 10.1. The minimum Gasteiger partial charge on any atom is -0.497 e. The smallest absolute Gasteiger partial charge is 0.119 e. The lowest BCUT2D eigenvalue weighted by Crippen LogP contribution is -2.42. The first-order valence-corrected chi connectivity index (χ1v) is 11.8. The van der Waals surface area contributed by atoms with E-state index in [-0.39, 0.29) is 5.41 Å². The number of rotatable bonds is 3. The molecule has 0 unspecified atom stereocenters. The maximum absolute atomic E-state index is 5.48. The van der Waals surface area contributed by atoms with Gasteiger partial charge in [-0.25, -0.2) is 0 Å². The quantitative estimate of drug-likeness (QED) is 0.647. The van der Waals surface area contributed by atoms with Crippen LogP contribution in [0, 0.1) is 23.2 Å². The van der Waals surface area contributed by atoms with Crippen molar-refractivity contribution in [1.29, 1.82) is 0 Å². The number of fused-ring (bicyclic) bond motifs is 7. The van der Waals surface area contributed by atoms with Crippen LogP contribution in [-0.4, -0.2) is 26.5 Å². The summed E-state index contributed by atoms with van der Waals surface area (Å²) in [6, 6.07) is 15.1. The van der Waals surface area contributed by atoms with Gasteiger partial charge >= 0.3 is 0 Å². The normalized spacial score (nSPS) is 33.1. The molecule has 1 aliphatic heterocycles. The van der Waals surface area contributed by atoms with Gasteiger partial charge in [-0.05, 0) is 97.4 Å². The van der Waals surface area contributed by atoms with E-state index in [0.717, 1.165) is 29.9 Å². The van der Waals surface area contributed by atoms with Crippen molar-refractivity contribution < 1.29 is 9.47 Å². The van der Waals surface area contributed by atoms with Gasteiger partial charge in [0.05, 0.1) is 19.9 Å². The van der Waals surface area contributed by atoms with Gasteiger partial charge in [0.25, 0.3) is 0 Å². The van der Waals surface area contributed by atoms with E-state index < -0.39 is 0 Å². The first-order chi connectivity index (χ1) is 15.1. The zero-order valence-electron chi connectivity index (χ0n) is 18.8. The Bertz CT molecular complexity index is 1030. The summed E-state index contributed by atoms with van der Waals surface area (Å²) < 4.78 is 10.8. The van der Waals surface area contributed by atoms with E-state index in [1.165, 1.54) is 49.1 Å². The fraction of sp³-hybridized carbons (Fsp3) is 0.519. The number of hydrazone groups is 1. The van der Waals surface area contributed by atoms with Crippen LogP contribution in [0.5, 0.6) is 11.5 Å². The minimum atomic E-state index is 0.261. The van der Waals surface area contributed by atoms with Gasteiger partial charge in [0, 0.05) is 23.6 Å². The SMILES string of the molecule is COc1ccc(N2C[C@@H]3C[C@H]4[C@@H]5CCc6cc(OC)ccc6[C@H]5CC[C@]4(C)C3=N2)cc1. The molecule has 2 aromatic rings. The first-order valence-electron chi connectivity index (χ1n) is 11.8. The molecule has 0 spiro atoms. The van der Waals surface area contributed by atoms with Gasteiger partial charge in [-0.1, -0.05) is 13.0 Å². The summed E-state index contributed by atoms with van der Waals surface area (Å²) in [5, 5.41) is 7.46. The number of hydrogen-bond donors (Lipinski definition) is 0. The van der Waals surface area contributed by atoms with E-state index in [0.29, 0.717) is 11.8 Å². The topological polar surface area (TPSA) is 34.1 Å². The second kappa shape index (κ2) is 7.01. The van der Waals surface area contributed by atoms with Gasteiger partial charge in [0.15, 0.2) is 0 Å². The third-order valence-corrected chi connectivity index (χ3v) is 8.83. The molecule has 3 aliphatic carbocycles. The molecule has 6 rings (SSSR count).